The standard InChI is InChI=1S/C14H21NO/c1-16-13-6-4-5-12(11-13)14(9-10-15)7-2-3-8-14/h4-6,11H,2-3,7-10,15H2,1H3. The number of hydrogen-bond donors (Lipinski definition) is 1. The number of hydrogen-bond acceptors (Lipinski definition) is 2. The fraction of sp³-hybridized carbons (Fsp3) is 0.571. The predicted molar refractivity (Wildman–Crippen MR) is 66.8 cm³/mol. The number of rotatable bonds is 4. The van der Waals surface area contributed by atoms with Crippen molar-refractivity contribution in [2.24, 2.45) is 5.73 Å². The minimum Gasteiger partial charge on any atom is -0.497 e. The molecule has 0 radical (unpaired) electrons. The van der Waals surface area contributed by atoms with Crippen molar-refractivity contribution in [2.45, 2.75) is 37.5 Å². The van der Waals surface area contributed by atoms with Crippen LogP contribution in [0.1, 0.15) is 37.7 Å². The van der Waals surface area contributed by atoms with Crippen molar-refractivity contribution in [3.8, 4) is 5.75 Å². The molecule has 1 aromatic rings. The molecule has 1 aromatic carbocycles. The maximum Gasteiger partial charge on any atom is 0.119 e. The van der Waals surface area contributed by atoms with Gasteiger partial charge in [-0.15, -0.1) is 0 Å². The molecule has 1 saturated carbocycles. The number of benzene rings is 1. The summed E-state index contributed by atoms with van der Waals surface area (Å²) in [5.74, 6) is 0.959. The fourth-order valence-corrected chi connectivity index (χ4v) is 2.96. The molecule has 0 unspecified atom stereocenters. The molecule has 2 nitrogen and oxygen atoms in total. The molecule has 0 atom stereocenters. The molecule has 1 aliphatic carbocycles. The first kappa shape index (κ1) is 11.5. The van der Waals surface area contributed by atoms with Crippen molar-refractivity contribution in [1.29, 1.82) is 0 Å². The highest BCUT2D eigenvalue weighted by atomic mass is 16.5. The molecule has 88 valence electrons. The van der Waals surface area contributed by atoms with Crippen molar-refractivity contribution in [3.63, 3.8) is 0 Å². The van der Waals surface area contributed by atoms with Gasteiger partial charge in [-0.25, -0.2) is 0 Å². The van der Waals surface area contributed by atoms with E-state index in [1.54, 1.807) is 7.11 Å². The molecule has 1 aliphatic rings. The fourth-order valence-electron chi connectivity index (χ4n) is 2.96. The van der Waals surface area contributed by atoms with Gasteiger partial charge in [0.05, 0.1) is 7.11 Å². The Morgan fingerprint density at radius 3 is 2.69 bits per heavy atom. The third kappa shape index (κ3) is 2.07. The van der Waals surface area contributed by atoms with Gasteiger partial charge in [-0.05, 0) is 48.9 Å². The van der Waals surface area contributed by atoms with Crippen molar-refractivity contribution < 1.29 is 4.74 Å². The second kappa shape index (κ2) is 4.88. The van der Waals surface area contributed by atoms with Crippen molar-refractivity contribution >= 4 is 0 Å². The van der Waals surface area contributed by atoms with Crippen LogP contribution < -0.4 is 10.5 Å². The van der Waals surface area contributed by atoms with E-state index >= 15 is 0 Å². The van der Waals surface area contributed by atoms with Crippen LogP contribution >= 0.6 is 0 Å². The van der Waals surface area contributed by atoms with Gasteiger partial charge in [0.2, 0.25) is 0 Å². The summed E-state index contributed by atoms with van der Waals surface area (Å²) < 4.78 is 5.31. The lowest BCUT2D eigenvalue weighted by Crippen LogP contribution is -2.25. The lowest BCUT2D eigenvalue weighted by Gasteiger charge is -2.29. The first-order valence-electron chi connectivity index (χ1n) is 6.15. The van der Waals surface area contributed by atoms with E-state index < -0.39 is 0 Å². The van der Waals surface area contributed by atoms with Crippen molar-refractivity contribution in [3.05, 3.63) is 29.8 Å². The van der Waals surface area contributed by atoms with Gasteiger partial charge >= 0.3 is 0 Å². The maximum absolute atomic E-state index is 5.77. The topological polar surface area (TPSA) is 35.2 Å². The van der Waals surface area contributed by atoms with Crippen LogP contribution in [0.5, 0.6) is 5.75 Å². The molecule has 0 saturated heterocycles. The molecule has 16 heavy (non-hydrogen) atoms. The minimum atomic E-state index is 0.323. The Kier molecular flexibility index (Phi) is 3.49. The van der Waals surface area contributed by atoms with Crippen LogP contribution in [0.2, 0.25) is 0 Å². The number of ether oxygens (including phenoxy) is 1. The summed E-state index contributed by atoms with van der Waals surface area (Å²) in [5, 5.41) is 0. The highest BCUT2D eigenvalue weighted by molar-refractivity contribution is 5.34. The van der Waals surface area contributed by atoms with Crippen LogP contribution in [0.25, 0.3) is 0 Å². The van der Waals surface area contributed by atoms with Gasteiger partial charge in [-0.3, -0.25) is 0 Å². The minimum absolute atomic E-state index is 0.323. The molecule has 2 heteroatoms. The molecule has 0 bridgehead atoms. The van der Waals surface area contributed by atoms with Crippen LogP contribution in [0.3, 0.4) is 0 Å². The monoisotopic (exact) mass is 219 g/mol. The summed E-state index contributed by atoms with van der Waals surface area (Å²) in [5.41, 5.74) is 7.50. The van der Waals surface area contributed by atoms with Crippen LogP contribution in [0.4, 0.5) is 0 Å². The van der Waals surface area contributed by atoms with E-state index in [0.717, 1.165) is 18.7 Å². The Morgan fingerprint density at radius 2 is 2.06 bits per heavy atom. The highest BCUT2D eigenvalue weighted by Crippen LogP contribution is 2.44. The second-order valence-electron chi connectivity index (χ2n) is 4.76. The average molecular weight is 219 g/mol. The second-order valence-corrected chi connectivity index (χ2v) is 4.76. The van der Waals surface area contributed by atoms with E-state index in [0.29, 0.717) is 5.41 Å². The third-order valence-corrected chi connectivity index (χ3v) is 3.87. The van der Waals surface area contributed by atoms with E-state index in [-0.39, 0.29) is 0 Å². The zero-order valence-corrected chi connectivity index (χ0v) is 10.0. The van der Waals surface area contributed by atoms with Gasteiger partial charge in [0.25, 0.3) is 0 Å². The van der Waals surface area contributed by atoms with Crippen LogP contribution in [0, 0.1) is 0 Å². The third-order valence-electron chi connectivity index (χ3n) is 3.87. The van der Waals surface area contributed by atoms with Crippen molar-refractivity contribution in [2.75, 3.05) is 13.7 Å². The molecule has 1 fully saturated rings. The summed E-state index contributed by atoms with van der Waals surface area (Å²) in [6.45, 7) is 0.775. The molecular weight excluding hydrogens is 198 g/mol. The summed E-state index contributed by atoms with van der Waals surface area (Å²) in [6.07, 6.45) is 6.31. The van der Waals surface area contributed by atoms with E-state index in [2.05, 4.69) is 18.2 Å². The molecule has 0 spiro atoms. The van der Waals surface area contributed by atoms with Crippen molar-refractivity contribution in [1.82, 2.24) is 0 Å². The summed E-state index contributed by atoms with van der Waals surface area (Å²) in [4.78, 5) is 0. The van der Waals surface area contributed by atoms with Gasteiger partial charge in [0.15, 0.2) is 0 Å². The molecule has 2 rings (SSSR count). The lowest BCUT2D eigenvalue weighted by atomic mass is 9.76. The summed E-state index contributed by atoms with van der Waals surface area (Å²) in [7, 11) is 1.73. The van der Waals surface area contributed by atoms with Crippen LogP contribution in [-0.2, 0) is 5.41 Å². The van der Waals surface area contributed by atoms with Gasteiger partial charge in [0, 0.05) is 0 Å². The maximum atomic E-state index is 5.77. The van der Waals surface area contributed by atoms with Crippen LogP contribution in [-0.4, -0.2) is 13.7 Å². The Hall–Kier alpha value is -1.02. The van der Waals surface area contributed by atoms with Gasteiger partial charge in [-0.1, -0.05) is 25.0 Å². The zero-order valence-electron chi connectivity index (χ0n) is 10.0. The zero-order chi connectivity index (χ0) is 11.4. The molecule has 0 aliphatic heterocycles. The van der Waals surface area contributed by atoms with Gasteiger partial charge < -0.3 is 10.5 Å². The first-order valence-corrected chi connectivity index (χ1v) is 6.15. The number of methoxy groups -OCH3 is 1. The van der Waals surface area contributed by atoms with E-state index in [9.17, 15) is 0 Å². The molecule has 2 N–H and O–H groups in total. The molecule has 0 heterocycles. The molecule has 0 amide bonds. The molecular formula is C14H21NO. The average Bonchev–Trinajstić information content (AvgIpc) is 2.80. The normalized spacial score (nSPS) is 18.6. The first-order chi connectivity index (χ1) is 7.80. The SMILES string of the molecule is COc1cccc(C2(CCN)CCCC2)c1. The van der Waals surface area contributed by atoms with E-state index in [1.807, 2.05) is 6.07 Å². The van der Waals surface area contributed by atoms with E-state index in [1.165, 1.54) is 31.2 Å². The highest BCUT2D eigenvalue weighted by Gasteiger charge is 2.34. The lowest BCUT2D eigenvalue weighted by molar-refractivity contribution is 0.396. The Balaban J connectivity index is 2.30. The largest absolute Gasteiger partial charge is 0.497 e. The smallest absolute Gasteiger partial charge is 0.119 e. The van der Waals surface area contributed by atoms with Gasteiger partial charge in [0.1, 0.15) is 5.75 Å². The van der Waals surface area contributed by atoms with Gasteiger partial charge in [-0.2, -0.15) is 0 Å². The summed E-state index contributed by atoms with van der Waals surface area (Å²) in [6, 6.07) is 8.50. The number of nitrogens with two attached hydrogens (primary N) is 1. The Labute approximate surface area is 97.8 Å². The predicted octanol–water partition coefficient (Wildman–Crippen LogP) is 2.86. The quantitative estimate of drug-likeness (QED) is 0.845. The Morgan fingerprint density at radius 1 is 1.31 bits per heavy atom. The Bertz CT molecular complexity index is 342. The molecule has 0 aromatic heterocycles. The van der Waals surface area contributed by atoms with E-state index in [4.69, 9.17) is 10.5 Å². The summed E-state index contributed by atoms with van der Waals surface area (Å²) >= 11 is 0. The van der Waals surface area contributed by atoms with Crippen LogP contribution in [0.15, 0.2) is 24.3 Å².